The second kappa shape index (κ2) is 5.58. The Morgan fingerprint density at radius 3 is 2.75 bits per heavy atom. The molecule has 2 rings (SSSR count). The molecule has 0 saturated heterocycles. The van der Waals surface area contributed by atoms with Crippen molar-refractivity contribution in [1.82, 2.24) is 0 Å². The van der Waals surface area contributed by atoms with Crippen LogP contribution in [0.2, 0.25) is 5.02 Å². The Morgan fingerprint density at radius 2 is 2.06 bits per heavy atom. The highest BCUT2D eigenvalue weighted by atomic mass is 127. The third-order valence-corrected chi connectivity index (χ3v) is 4.37. The Balaban J connectivity index is 2.07. The van der Waals surface area contributed by atoms with Gasteiger partial charge in [-0.05, 0) is 59.5 Å². The second-order valence-corrected chi connectivity index (χ2v) is 6.29. The number of hydrogen-bond donors (Lipinski definition) is 1. The monoisotopic (exact) mass is 349 g/mol. The molecule has 1 aliphatic rings. The lowest BCUT2D eigenvalue weighted by Gasteiger charge is -2.30. The molecule has 1 nitrogen and oxygen atoms in total. The van der Waals surface area contributed by atoms with Crippen LogP contribution >= 0.6 is 34.2 Å². The summed E-state index contributed by atoms with van der Waals surface area (Å²) in [6.07, 6.45) is 5.31. The largest absolute Gasteiger partial charge is 0.381 e. The molecule has 0 radical (unpaired) electrons. The Labute approximate surface area is 116 Å². The van der Waals surface area contributed by atoms with Gasteiger partial charge in [-0.1, -0.05) is 31.4 Å². The number of anilines is 1. The van der Waals surface area contributed by atoms with Crippen LogP contribution in [0, 0.1) is 9.49 Å². The highest BCUT2D eigenvalue weighted by molar-refractivity contribution is 14.1. The van der Waals surface area contributed by atoms with Crippen molar-refractivity contribution in [3.8, 4) is 0 Å². The maximum atomic E-state index is 6.23. The smallest absolute Gasteiger partial charge is 0.0648 e. The van der Waals surface area contributed by atoms with Crippen molar-refractivity contribution in [1.29, 1.82) is 0 Å². The summed E-state index contributed by atoms with van der Waals surface area (Å²) >= 11 is 8.51. The molecule has 1 fully saturated rings. The molecule has 0 amide bonds. The van der Waals surface area contributed by atoms with Gasteiger partial charge in [0.25, 0.3) is 0 Å². The molecule has 1 saturated carbocycles. The van der Waals surface area contributed by atoms with E-state index in [1.54, 1.807) is 0 Å². The zero-order valence-corrected chi connectivity index (χ0v) is 12.4. The topological polar surface area (TPSA) is 12.0 Å². The van der Waals surface area contributed by atoms with Crippen LogP contribution in [0.1, 0.15) is 32.6 Å². The highest BCUT2D eigenvalue weighted by Crippen LogP contribution is 2.30. The first kappa shape index (κ1) is 12.5. The van der Waals surface area contributed by atoms with Crippen LogP contribution in [0.5, 0.6) is 0 Å². The molecule has 1 aliphatic carbocycles. The summed E-state index contributed by atoms with van der Waals surface area (Å²) in [6.45, 7) is 2.33. The number of nitrogens with one attached hydrogen (secondary N) is 1. The van der Waals surface area contributed by atoms with Crippen LogP contribution in [-0.2, 0) is 0 Å². The lowest BCUT2D eigenvalue weighted by Crippen LogP contribution is -2.30. The van der Waals surface area contributed by atoms with Crippen LogP contribution in [-0.4, -0.2) is 6.04 Å². The lowest BCUT2D eigenvalue weighted by molar-refractivity contribution is 0.349. The standard InChI is InChI=1S/C13H17ClIN/c1-9-4-2-3-5-12(9)16-13-7-6-10(15)8-11(13)14/h6-9,12,16H,2-5H2,1H3. The van der Waals surface area contributed by atoms with Crippen LogP contribution in [0.4, 0.5) is 5.69 Å². The molecular formula is C13H17ClIN. The fraction of sp³-hybridized carbons (Fsp3) is 0.538. The van der Waals surface area contributed by atoms with E-state index in [1.807, 2.05) is 6.07 Å². The van der Waals surface area contributed by atoms with Crippen molar-refractivity contribution in [2.24, 2.45) is 5.92 Å². The van der Waals surface area contributed by atoms with E-state index in [9.17, 15) is 0 Å². The van der Waals surface area contributed by atoms with E-state index in [1.165, 1.54) is 29.3 Å². The Hall–Kier alpha value is 0.0400. The van der Waals surface area contributed by atoms with E-state index >= 15 is 0 Å². The van der Waals surface area contributed by atoms with Gasteiger partial charge in [-0.15, -0.1) is 0 Å². The fourth-order valence-corrected chi connectivity index (χ4v) is 3.25. The zero-order valence-electron chi connectivity index (χ0n) is 9.47. The van der Waals surface area contributed by atoms with Gasteiger partial charge >= 0.3 is 0 Å². The van der Waals surface area contributed by atoms with Crippen molar-refractivity contribution >= 4 is 39.9 Å². The average molecular weight is 350 g/mol. The van der Waals surface area contributed by atoms with Crippen LogP contribution in [0.25, 0.3) is 0 Å². The third kappa shape index (κ3) is 3.04. The molecule has 0 bridgehead atoms. The van der Waals surface area contributed by atoms with Crippen LogP contribution in [0.15, 0.2) is 18.2 Å². The lowest BCUT2D eigenvalue weighted by atomic mass is 9.86. The molecule has 1 aromatic carbocycles. The summed E-state index contributed by atoms with van der Waals surface area (Å²) in [4.78, 5) is 0. The summed E-state index contributed by atoms with van der Waals surface area (Å²) in [7, 11) is 0. The normalized spacial score (nSPS) is 25.4. The van der Waals surface area contributed by atoms with Crippen molar-refractivity contribution in [2.45, 2.75) is 38.6 Å². The quantitative estimate of drug-likeness (QED) is 0.746. The van der Waals surface area contributed by atoms with Gasteiger partial charge in [0.05, 0.1) is 10.7 Å². The molecule has 16 heavy (non-hydrogen) atoms. The molecular weight excluding hydrogens is 333 g/mol. The first-order valence-electron chi connectivity index (χ1n) is 5.88. The molecule has 0 spiro atoms. The minimum atomic E-state index is 0.589. The molecule has 2 unspecified atom stereocenters. The van der Waals surface area contributed by atoms with E-state index in [2.05, 4.69) is 47.0 Å². The Kier molecular flexibility index (Phi) is 4.36. The number of benzene rings is 1. The van der Waals surface area contributed by atoms with Crippen LogP contribution < -0.4 is 5.32 Å². The summed E-state index contributed by atoms with van der Waals surface area (Å²) < 4.78 is 1.19. The van der Waals surface area contributed by atoms with Crippen LogP contribution in [0.3, 0.4) is 0 Å². The van der Waals surface area contributed by atoms with Gasteiger partial charge in [0.2, 0.25) is 0 Å². The SMILES string of the molecule is CC1CCCCC1Nc1ccc(I)cc1Cl. The maximum Gasteiger partial charge on any atom is 0.0648 e. The third-order valence-electron chi connectivity index (χ3n) is 3.38. The van der Waals surface area contributed by atoms with Gasteiger partial charge < -0.3 is 5.32 Å². The predicted octanol–water partition coefficient (Wildman–Crippen LogP) is 4.94. The molecule has 1 aromatic rings. The highest BCUT2D eigenvalue weighted by Gasteiger charge is 2.21. The maximum absolute atomic E-state index is 6.23. The minimum Gasteiger partial charge on any atom is -0.381 e. The number of halogens is 2. The molecule has 1 N–H and O–H groups in total. The van der Waals surface area contributed by atoms with Gasteiger partial charge in [0.15, 0.2) is 0 Å². The first-order chi connectivity index (χ1) is 7.66. The predicted molar refractivity (Wildman–Crippen MR) is 79.2 cm³/mol. The molecule has 0 aliphatic heterocycles. The van der Waals surface area contributed by atoms with Crippen molar-refractivity contribution in [3.63, 3.8) is 0 Å². The number of rotatable bonds is 2. The van der Waals surface area contributed by atoms with E-state index in [0.717, 1.165) is 16.6 Å². The van der Waals surface area contributed by atoms with E-state index in [4.69, 9.17) is 11.6 Å². The van der Waals surface area contributed by atoms with Crippen molar-refractivity contribution in [2.75, 3.05) is 5.32 Å². The second-order valence-electron chi connectivity index (χ2n) is 4.64. The van der Waals surface area contributed by atoms with Gasteiger partial charge in [-0.2, -0.15) is 0 Å². The number of hydrogen-bond acceptors (Lipinski definition) is 1. The van der Waals surface area contributed by atoms with E-state index in [-0.39, 0.29) is 0 Å². The summed E-state index contributed by atoms with van der Waals surface area (Å²) in [5.74, 6) is 0.754. The summed E-state index contributed by atoms with van der Waals surface area (Å²) in [5, 5.41) is 4.43. The molecule has 3 heteroatoms. The fourth-order valence-electron chi connectivity index (χ4n) is 2.34. The molecule has 2 atom stereocenters. The summed E-state index contributed by atoms with van der Waals surface area (Å²) in [5.41, 5.74) is 1.08. The Bertz CT molecular complexity index is 367. The van der Waals surface area contributed by atoms with Gasteiger partial charge in [0.1, 0.15) is 0 Å². The molecule has 0 heterocycles. The van der Waals surface area contributed by atoms with Crippen molar-refractivity contribution in [3.05, 3.63) is 26.8 Å². The van der Waals surface area contributed by atoms with Gasteiger partial charge in [-0.3, -0.25) is 0 Å². The minimum absolute atomic E-state index is 0.589. The summed E-state index contributed by atoms with van der Waals surface area (Å²) in [6, 6.07) is 6.79. The van der Waals surface area contributed by atoms with E-state index < -0.39 is 0 Å². The van der Waals surface area contributed by atoms with E-state index in [0.29, 0.717) is 6.04 Å². The Morgan fingerprint density at radius 1 is 1.31 bits per heavy atom. The van der Waals surface area contributed by atoms with Crippen molar-refractivity contribution < 1.29 is 0 Å². The van der Waals surface area contributed by atoms with Gasteiger partial charge in [-0.25, -0.2) is 0 Å². The van der Waals surface area contributed by atoms with Gasteiger partial charge in [0, 0.05) is 9.61 Å². The first-order valence-corrected chi connectivity index (χ1v) is 7.34. The average Bonchev–Trinajstić information content (AvgIpc) is 2.25. The molecule has 0 aromatic heterocycles. The molecule has 88 valence electrons. The zero-order chi connectivity index (χ0) is 11.5.